The monoisotopic (exact) mass is 262 g/mol. The van der Waals surface area contributed by atoms with Crippen LogP contribution in [0.1, 0.15) is 31.2 Å². The first-order valence-corrected chi connectivity index (χ1v) is 6.54. The Balaban J connectivity index is 2.05. The average Bonchev–Trinajstić information content (AvgIpc) is 2.41. The number of pyridine rings is 1. The fourth-order valence-corrected chi connectivity index (χ4v) is 2.50. The van der Waals surface area contributed by atoms with Crippen molar-refractivity contribution in [1.29, 1.82) is 0 Å². The number of aromatic nitrogens is 1. The van der Waals surface area contributed by atoms with Gasteiger partial charge in [0.1, 0.15) is 5.82 Å². The zero-order valence-corrected chi connectivity index (χ0v) is 10.9. The Labute approximate surface area is 112 Å². The number of carboxylic acids is 1. The number of nitrogens with one attached hydrogen (secondary N) is 1. The molecule has 19 heavy (non-hydrogen) atoms. The summed E-state index contributed by atoms with van der Waals surface area (Å²) >= 11 is 0. The Morgan fingerprint density at radius 3 is 2.53 bits per heavy atom. The van der Waals surface area contributed by atoms with Crippen LogP contribution in [0.15, 0.2) is 18.3 Å². The average molecular weight is 262 g/mol. The number of rotatable bonds is 3. The third kappa shape index (κ3) is 3.30. The van der Waals surface area contributed by atoms with E-state index in [1.165, 1.54) is 0 Å². The fraction of sp³-hybridized carbons (Fsp3) is 0.500. The summed E-state index contributed by atoms with van der Waals surface area (Å²) in [7, 11) is 0. The zero-order chi connectivity index (χ0) is 13.8. The minimum atomic E-state index is -0.878. The highest BCUT2D eigenvalue weighted by Crippen LogP contribution is 2.31. The van der Waals surface area contributed by atoms with Crippen LogP contribution < -0.4 is 5.32 Å². The van der Waals surface area contributed by atoms with Gasteiger partial charge < -0.3 is 10.4 Å². The molecule has 1 saturated carbocycles. The van der Waals surface area contributed by atoms with Crippen molar-refractivity contribution in [1.82, 2.24) is 4.98 Å². The van der Waals surface area contributed by atoms with Crippen molar-refractivity contribution >= 4 is 17.7 Å². The number of carboxylic acid groups (broad SMARTS) is 1. The number of anilines is 1. The minimum absolute atomic E-state index is 0.233. The van der Waals surface area contributed by atoms with Crippen molar-refractivity contribution in [3.63, 3.8) is 0 Å². The molecule has 2 N–H and O–H groups in total. The van der Waals surface area contributed by atoms with E-state index >= 15 is 0 Å². The summed E-state index contributed by atoms with van der Waals surface area (Å²) in [4.78, 5) is 27.4. The number of amides is 1. The highest BCUT2D eigenvalue weighted by Gasteiger charge is 2.35. The van der Waals surface area contributed by atoms with E-state index in [4.69, 9.17) is 5.11 Å². The third-order valence-electron chi connectivity index (χ3n) is 3.58. The summed E-state index contributed by atoms with van der Waals surface area (Å²) < 4.78 is 0. The number of hydrogen-bond acceptors (Lipinski definition) is 3. The minimum Gasteiger partial charge on any atom is -0.481 e. The molecule has 2 atom stereocenters. The van der Waals surface area contributed by atoms with Crippen molar-refractivity contribution in [2.45, 2.75) is 32.6 Å². The van der Waals surface area contributed by atoms with Crippen molar-refractivity contribution in [3.05, 3.63) is 23.9 Å². The topological polar surface area (TPSA) is 79.3 Å². The van der Waals surface area contributed by atoms with Gasteiger partial charge in [0.05, 0.1) is 11.8 Å². The van der Waals surface area contributed by atoms with Gasteiger partial charge in [0.2, 0.25) is 5.91 Å². The maximum atomic E-state index is 12.2. The molecule has 2 rings (SSSR count). The predicted molar refractivity (Wildman–Crippen MR) is 70.7 cm³/mol. The first-order valence-electron chi connectivity index (χ1n) is 6.54. The van der Waals surface area contributed by atoms with Crippen LogP contribution in [0.2, 0.25) is 0 Å². The summed E-state index contributed by atoms with van der Waals surface area (Å²) in [5.41, 5.74) is 1.01. The standard InChI is InChI=1S/C14H18N2O3/c1-9-6-7-12(15-8-9)16-13(17)10-4-2-3-5-11(10)14(18)19/h6-8,10-11H,2-5H2,1H3,(H,18,19)(H,15,16,17)/t10-,11-/m1/s1. The van der Waals surface area contributed by atoms with Crippen LogP contribution in [0.5, 0.6) is 0 Å². The normalized spacial score (nSPS) is 22.8. The summed E-state index contributed by atoms with van der Waals surface area (Å²) in [5, 5.41) is 11.9. The Bertz CT molecular complexity index is 470. The second kappa shape index (κ2) is 5.82. The number of nitrogens with zero attached hydrogens (tertiary/aromatic N) is 1. The highest BCUT2D eigenvalue weighted by atomic mass is 16.4. The molecule has 1 fully saturated rings. The van der Waals surface area contributed by atoms with Crippen LogP contribution in [-0.4, -0.2) is 22.0 Å². The SMILES string of the molecule is Cc1ccc(NC(=O)[C@@H]2CCCC[C@H]2C(=O)O)nc1. The van der Waals surface area contributed by atoms with E-state index in [0.717, 1.165) is 18.4 Å². The molecule has 0 bridgehead atoms. The van der Waals surface area contributed by atoms with Crippen LogP contribution >= 0.6 is 0 Å². The first-order chi connectivity index (χ1) is 9.08. The summed E-state index contributed by atoms with van der Waals surface area (Å²) in [6.07, 6.45) is 4.67. The Kier molecular flexibility index (Phi) is 4.14. The number of hydrogen-bond donors (Lipinski definition) is 2. The molecule has 0 spiro atoms. The van der Waals surface area contributed by atoms with Gasteiger partial charge in [0, 0.05) is 6.20 Å². The lowest BCUT2D eigenvalue weighted by Gasteiger charge is -2.27. The van der Waals surface area contributed by atoms with Gasteiger partial charge in [-0.1, -0.05) is 18.9 Å². The molecule has 1 amide bonds. The molecule has 1 heterocycles. The summed E-state index contributed by atoms with van der Waals surface area (Å²) in [6, 6.07) is 3.59. The van der Waals surface area contributed by atoms with Crippen LogP contribution in [0.25, 0.3) is 0 Å². The lowest BCUT2D eigenvalue weighted by atomic mass is 9.79. The molecule has 5 nitrogen and oxygen atoms in total. The van der Waals surface area contributed by atoms with Gasteiger partial charge in [-0.25, -0.2) is 4.98 Å². The molecule has 5 heteroatoms. The molecule has 0 radical (unpaired) electrons. The van der Waals surface area contributed by atoms with Gasteiger partial charge in [0.25, 0.3) is 0 Å². The first kappa shape index (κ1) is 13.5. The smallest absolute Gasteiger partial charge is 0.307 e. The largest absolute Gasteiger partial charge is 0.481 e. The van der Waals surface area contributed by atoms with Gasteiger partial charge >= 0.3 is 5.97 Å². The molecule has 0 unspecified atom stereocenters. The van der Waals surface area contributed by atoms with E-state index < -0.39 is 17.8 Å². The quantitative estimate of drug-likeness (QED) is 0.875. The van der Waals surface area contributed by atoms with Crippen LogP contribution in [0.3, 0.4) is 0 Å². The molecule has 1 aliphatic carbocycles. The van der Waals surface area contributed by atoms with Crippen molar-refractivity contribution in [2.75, 3.05) is 5.32 Å². The molecule has 1 aromatic heterocycles. The van der Waals surface area contributed by atoms with Gasteiger partial charge in [-0.2, -0.15) is 0 Å². The van der Waals surface area contributed by atoms with Gasteiger partial charge in [-0.05, 0) is 31.4 Å². The van der Waals surface area contributed by atoms with E-state index in [2.05, 4.69) is 10.3 Å². The lowest BCUT2D eigenvalue weighted by molar-refractivity contribution is -0.147. The molecular formula is C14H18N2O3. The van der Waals surface area contributed by atoms with Gasteiger partial charge in [-0.15, -0.1) is 0 Å². The van der Waals surface area contributed by atoms with E-state index in [0.29, 0.717) is 18.7 Å². The van der Waals surface area contributed by atoms with Gasteiger partial charge in [-0.3, -0.25) is 9.59 Å². The zero-order valence-electron chi connectivity index (χ0n) is 10.9. The fourth-order valence-electron chi connectivity index (χ4n) is 2.50. The maximum Gasteiger partial charge on any atom is 0.307 e. The van der Waals surface area contributed by atoms with Crippen LogP contribution in [0, 0.1) is 18.8 Å². The summed E-state index contributed by atoms with van der Waals surface area (Å²) in [6.45, 7) is 1.92. The molecule has 0 aromatic carbocycles. The molecule has 102 valence electrons. The second-order valence-corrected chi connectivity index (χ2v) is 5.05. The molecule has 0 aliphatic heterocycles. The van der Waals surface area contributed by atoms with Gasteiger partial charge in [0.15, 0.2) is 0 Å². The Morgan fingerprint density at radius 1 is 1.26 bits per heavy atom. The van der Waals surface area contributed by atoms with Crippen molar-refractivity contribution in [3.8, 4) is 0 Å². The van der Waals surface area contributed by atoms with Crippen LogP contribution in [-0.2, 0) is 9.59 Å². The number of aliphatic carboxylic acids is 1. The molecule has 1 aliphatic rings. The van der Waals surface area contributed by atoms with E-state index in [1.54, 1.807) is 12.3 Å². The van der Waals surface area contributed by atoms with Crippen LogP contribution in [0.4, 0.5) is 5.82 Å². The van der Waals surface area contributed by atoms with E-state index in [9.17, 15) is 9.59 Å². The molecule has 1 aromatic rings. The number of carbonyl (C=O) groups is 2. The Hall–Kier alpha value is -1.91. The number of carbonyl (C=O) groups excluding carboxylic acids is 1. The van der Waals surface area contributed by atoms with Crippen molar-refractivity contribution < 1.29 is 14.7 Å². The number of aryl methyl sites for hydroxylation is 1. The Morgan fingerprint density at radius 2 is 1.95 bits per heavy atom. The maximum absolute atomic E-state index is 12.2. The highest BCUT2D eigenvalue weighted by molar-refractivity contribution is 5.94. The third-order valence-corrected chi connectivity index (χ3v) is 3.58. The lowest BCUT2D eigenvalue weighted by Crippen LogP contribution is -2.36. The predicted octanol–water partition coefficient (Wildman–Crippen LogP) is 2.22. The second-order valence-electron chi connectivity index (χ2n) is 5.05. The summed E-state index contributed by atoms with van der Waals surface area (Å²) in [5.74, 6) is -1.65. The van der Waals surface area contributed by atoms with E-state index in [1.807, 2.05) is 13.0 Å². The van der Waals surface area contributed by atoms with Crippen molar-refractivity contribution in [2.24, 2.45) is 11.8 Å². The molecular weight excluding hydrogens is 244 g/mol. The molecule has 0 saturated heterocycles. The van der Waals surface area contributed by atoms with E-state index in [-0.39, 0.29) is 5.91 Å².